The highest BCUT2D eigenvalue weighted by Crippen LogP contribution is 2.02. The van der Waals surface area contributed by atoms with E-state index < -0.39 is 24.3 Å². The molecule has 0 aliphatic heterocycles. The monoisotopic (exact) mass is 168 g/mol. The van der Waals surface area contributed by atoms with Crippen LogP contribution in [0.25, 0.3) is 0 Å². The Kier molecular flexibility index (Phi) is 3.59. The third kappa shape index (κ3) is 2.58. The fourth-order valence-electron chi connectivity index (χ4n) is 0.453. The molecule has 0 aromatic heterocycles. The van der Waals surface area contributed by atoms with Gasteiger partial charge in [0.2, 0.25) is 11.9 Å². The van der Waals surface area contributed by atoms with Crippen LogP contribution in [0.3, 0.4) is 0 Å². The Labute approximate surface area is 60.8 Å². The number of carboxylic acids is 1. The van der Waals surface area contributed by atoms with Crippen LogP contribution in [0.15, 0.2) is 0 Å². The number of carbonyl (C=O) groups is 2. The predicted molar refractivity (Wildman–Crippen MR) is 29.4 cm³/mol. The molecular formula is C5H6F2O4. The second kappa shape index (κ2) is 3.97. The lowest BCUT2D eigenvalue weighted by molar-refractivity contribution is -0.158. The molecule has 0 heterocycles. The molecule has 0 fully saturated rings. The first kappa shape index (κ1) is 9.96. The average molecular weight is 168 g/mol. The predicted octanol–water partition coefficient (Wildman–Crippen LogP) is -0.0798. The van der Waals surface area contributed by atoms with Gasteiger partial charge in [-0.3, -0.25) is 4.79 Å². The van der Waals surface area contributed by atoms with Gasteiger partial charge in [0.05, 0.1) is 0 Å². The average Bonchev–Trinajstić information content (AvgIpc) is 1.88. The summed E-state index contributed by atoms with van der Waals surface area (Å²) in [6.45, 7) is 0. The lowest BCUT2D eigenvalue weighted by Crippen LogP contribution is -2.35. The molecule has 0 aliphatic carbocycles. The maximum absolute atomic E-state index is 11.5. The Morgan fingerprint density at radius 2 is 1.91 bits per heavy atom. The lowest BCUT2D eigenvalue weighted by Gasteiger charge is -2.06. The van der Waals surface area contributed by atoms with E-state index in [1.807, 2.05) is 0 Å². The summed E-state index contributed by atoms with van der Waals surface area (Å²) < 4.78 is 27.1. The van der Waals surface area contributed by atoms with Gasteiger partial charge in [0.15, 0.2) is 0 Å². The zero-order valence-corrected chi connectivity index (χ0v) is 5.58. The van der Waals surface area contributed by atoms with Gasteiger partial charge >= 0.3 is 5.97 Å². The molecule has 6 heteroatoms. The van der Waals surface area contributed by atoms with Crippen molar-refractivity contribution >= 4 is 11.8 Å². The van der Waals surface area contributed by atoms with Crippen LogP contribution in [-0.2, 0) is 14.3 Å². The van der Waals surface area contributed by atoms with E-state index in [1.165, 1.54) is 0 Å². The van der Waals surface area contributed by atoms with Gasteiger partial charge in [-0.05, 0) is 0 Å². The van der Waals surface area contributed by atoms with Gasteiger partial charge in [0.25, 0.3) is 6.43 Å². The molecule has 0 unspecified atom stereocenters. The van der Waals surface area contributed by atoms with E-state index in [2.05, 4.69) is 4.74 Å². The smallest absolute Gasteiger partial charge is 0.340 e. The number of carboxylic acid groups (broad SMARTS) is 1. The molecule has 0 saturated heterocycles. The molecular weight excluding hydrogens is 162 g/mol. The standard InChI is InChI=1S/C5H6F2O4/c1-11-3(5(9)10)2(8)4(6)7/h3-4H,1H3,(H,9,10)/t3-/m1/s1. The highest BCUT2D eigenvalue weighted by Gasteiger charge is 2.32. The zero-order valence-electron chi connectivity index (χ0n) is 5.58. The minimum absolute atomic E-state index is 0.874. The van der Waals surface area contributed by atoms with Gasteiger partial charge in [-0.2, -0.15) is 0 Å². The van der Waals surface area contributed by atoms with Gasteiger partial charge in [-0.1, -0.05) is 0 Å². The number of alkyl halides is 2. The van der Waals surface area contributed by atoms with E-state index in [1.54, 1.807) is 0 Å². The number of halogens is 2. The van der Waals surface area contributed by atoms with Crippen LogP contribution >= 0.6 is 0 Å². The van der Waals surface area contributed by atoms with Gasteiger partial charge in [0.1, 0.15) is 0 Å². The number of carbonyl (C=O) groups excluding carboxylic acids is 1. The summed E-state index contributed by atoms with van der Waals surface area (Å²) in [4.78, 5) is 20.3. The van der Waals surface area contributed by atoms with E-state index in [0.717, 1.165) is 7.11 Å². The number of hydrogen-bond donors (Lipinski definition) is 1. The maximum Gasteiger partial charge on any atom is 0.340 e. The highest BCUT2D eigenvalue weighted by molar-refractivity contribution is 6.02. The Balaban J connectivity index is 4.27. The Bertz CT molecular complexity index is 168. The molecule has 11 heavy (non-hydrogen) atoms. The van der Waals surface area contributed by atoms with Crippen LogP contribution < -0.4 is 0 Å². The number of hydrogen-bond acceptors (Lipinski definition) is 3. The number of aliphatic carboxylic acids is 1. The normalized spacial score (nSPS) is 13.1. The van der Waals surface area contributed by atoms with Crippen molar-refractivity contribution in [3.8, 4) is 0 Å². The summed E-state index contributed by atoms with van der Waals surface area (Å²) in [5.41, 5.74) is 0. The van der Waals surface area contributed by atoms with Crippen molar-refractivity contribution in [3.05, 3.63) is 0 Å². The van der Waals surface area contributed by atoms with Crippen molar-refractivity contribution in [3.63, 3.8) is 0 Å². The van der Waals surface area contributed by atoms with Crippen molar-refractivity contribution in [1.82, 2.24) is 0 Å². The van der Waals surface area contributed by atoms with Crippen molar-refractivity contribution < 1.29 is 28.2 Å². The molecule has 0 rings (SSSR count). The molecule has 1 N–H and O–H groups in total. The first-order valence-corrected chi connectivity index (χ1v) is 2.58. The van der Waals surface area contributed by atoms with E-state index >= 15 is 0 Å². The molecule has 0 bridgehead atoms. The van der Waals surface area contributed by atoms with E-state index in [0.29, 0.717) is 0 Å². The Morgan fingerprint density at radius 3 is 2.00 bits per heavy atom. The summed E-state index contributed by atoms with van der Waals surface area (Å²) in [6.07, 6.45) is -5.37. The molecule has 0 aromatic carbocycles. The quantitative estimate of drug-likeness (QED) is 0.596. The molecule has 0 aromatic rings. The van der Waals surface area contributed by atoms with Crippen molar-refractivity contribution in [2.75, 3.05) is 7.11 Å². The van der Waals surface area contributed by atoms with E-state index in [-0.39, 0.29) is 0 Å². The SMILES string of the molecule is CO[C@@H](C(=O)O)C(=O)C(F)F. The first-order chi connectivity index (χ1) is 5.00. The number of Topliss-reactive ketones (excluding diaryl/α,β-unsaturated/α-hetero) is 1. The van der Waals surface area contributed by atoms with Gasteiger partial charge in [-0.25, -0.2) is 13.6 Å². The topological polar surface area (TPSA) is 63.6 Å². The third-order valence-electron chi connectivity index (χ3n) is 0.933. The van der Waals surface area contributed by atoms with Crippen molar-refractivity contribution in [2.24, 2.45) is 0 Å². The molecule has 1 atom stereocenters. The molecule has 0 saturated carbocycles. The fourth-order valence-corrected chi connectivity index (χ4v) is 0.453. The van der Waals surface area contributed by atoms with E-state index in [9.17, 15) is 18.4 Å². The molecule has 0 spiro atoms. The highest BCUT2D eigenvalue weighted by atomic mass is 19.3. The minimum atomic E-state index is -3.31. The van der Waals surface area contributed by atoms with Gasteiger partial charge in [0, 0.05) is 7.11 Å². The molecule has 0 radical (unpaired) electrons. The van der Waals surface area contributed by atoms with Crippen LogP contribution in [0, 0.1) is 0 Å². The van der Waals surface area contributed by atoms with Crippen LogP contribution in [0.5, 0.6) is 0 Å². The second-order valence-corrected chi connectivity index (χ2v) is 1.66. The van der Waals surface area contributed by atoms with Crippen LogP contribution in [0.4, 0.5) is 8.78 Å². The van der Waals surface area contributed by atoms with Crippen molar-refractivity contribution in [2.45, 2.75) is 12.5 Å². The number of ketones is 1. The Morgan fingerprint density at radius 1 is 1.45 bits per heavy atom. The summed E-state index contributed by atoms with van der Waals surface area (Å²) >= 11 is 0. The largest absolute Gasteiger partial charge is 0.479 e. The molecule has 4 nitrogen and oxygen atoms in total. The molecule has 0 aliphatic rings. The molecule has 0 amide bonds. The summed E-state index contributed by atoms with van der Waals surface area (Å²) in [6, 6.07) is 0. The maximum atomic E-state index is 11.5. The first-order valence-electron chi connectivity index (χ1n) is 2.58. The number of rotatable bonds is 4. The summed E-state index contributed by atoms with van der Waals surface area (Å²) in [5.74, 6) is -3.45. The second-order valence-electron chi connectivity index (χ2n) is 1.66. The Hall–Kier alpha value is -1.04. The fraction of sp³-hybridized carbons (Fsp3) is 0.600. The molecule has 64 valence electrons. The zero-order chi connectivity index (χ0) is 9.02. The van der Waals surface area contributed by atoms with Gasteiger partial charge < -0.3 is 9.84 Å². The summed E-state index contributed by atoms with van der Waals surface area (Å²) in [5, 5.41) is 8.11. The number of ether oxygens (including phenoxy) is 1. The number of methoxy groups -OCH3 is 1. The van der Waals surface area contributed by atoms with Crippen LogP contribution in [0.1, 0.15) is 0 Å². The van der Waals surface area contributed by atoms with Crippen LogP contribution in [-0.4, -0.2) is 36.5 Å². The van der Waals surface area contributed by atoms with Crippen molar-refractivity contribution in [1.29, 1.82) is 0 Å². The minimum Gasteiger partial charge on any atom is -0.479 e. The van der Waals surface area contributed by atoms with E-state index in [4.69, 9.17) is 5.11 Å². The summed E-state index contributed by atoms with van der Waals surface area (Å²) in [7, 11) is 0.874. The van der Waals surface area contributed by atoms with Crippen LogP contribution in [0.2, 0.25) is 0 Å². The third-order valence-corrected chi connectivity index (χ3v) is 0.933. The van der Waals surface area contributed by atoms with Gasteiger partial charge in [-0.15, -0.1) is 0 Å². The lowest BCUT2D eigenvalue weighted by atomic mass is 10.2.